The molecule has 0 aliphatic rings. The average molecular weight is 395 g/mol. The Kier molecular flexibility index (Phi) is 7.94. The predicted octanol–water partition coefficient (Wildman–Crippen LogP) is 4.87. The third kappa shape index (κ3) is 6.45. The summed E-state index contributed by atoms with van der Waals surface area (Å²) in [6.45, 7) is 3.76. The molecule has 0 radical (unpaired) electrons. The molecule has 0 fully saturated rings. The van der Waals surface area contributed by atoms with Crippen LogP contribution in [0.4, 0.5) is 5.69 Å². The topological polar surface area (TPSA) is 97.1 Å². The number of hydrogen-bond acceptors (Lipinski definition) is 7. The molecule has 0 heterocycles. The van der Waals surface area contributed by atoms with Gasteiger partial charge in [-0.2, -0.15) is 0 Å². The van der Waals surface area contributed by atoms with Crippen molar-refractivity contribution >= 4 is 13.5 Å². The van der Waals surface area contributed by atoms with Gasteiger partial charge in [-0.3, -0.25) is 23.7 Å². The highest BCUT2D eigenvalue weighted by Crippen LogP contribution is 2.50. The van der Waals surface area contributed by atoms with Crippen LogP contribution in [0.25, 0.3) is 0 Å². The fraction of sp³-hybridized carbons (Fsp3) is 0.333. The minimum absolute atomic E-state index is 0.111. The van der Waals surface area contributed by atoms with Gasteiger partial charge in [-0.25, -0.2) is 4.57 Å². The summed E-state index contributed by atoms with van der Waals surface area (Å²) in [4.78, 5) is 10.6. The lowest BCUT2D eigenvalue weighted by Crippen LogP contribution is -2.04. The van der Waals surface area contributed by atoms with Crippen LogP contribution in [0.15, 0.2) is 48.5 Å². The molecule has 0 unspecified atom stereocenters. The minimum atomic E-state index is -3.70. The lowest BCUT2D eigenvalue weighted by Gasteiger charge is -2.17. The predicted molar refractivity (Wildman–Crippen MR) is 99.5 cm³/mol. The van der Waals surface area contributed by atoms with Crippen LogP contribution in [-0.2, 0) is 31.4 Å². The SMILES string of the molecule is CCOP(=O)(OCC)OCc1ccc([N+](=O)[O-])cc1OCc1ccccc1. The molecule has 0 aromatic heterocycles. The van der Waals surface area contributed by atoms with E-state index in [1.165, 1.54) is 18.2 Å². The molecule has 0 saturated carbocycles. The zero-order chi connectivity index (χ0) is 19.7. The van der Waals surface area contributed by atoms with E-state index in [1.54, 1.807) is 13.8 Å². The van der Waals surface area contributed by atoms with Gasteiger partial charge in [-0.15, -0.1) is 0 Å². The molecule has 0 saturated heterocycles. The summed E-state index contributed by atoms with van der Waals surface area (Å²) in [6, 6.07) is 13.5. The quantitative estimate of drug-likeness (QED) is 0.304. The van der Waals surface area contributed by atoms with Crippen LogP contribution in [0.2, 0.25) is 0 Å². The second kappa shape index (κ2) is 10.2. The molecular formula is C18H22NO7P. The summed E-state index contributed by atoms with van der Waals surface area (Å²) in [7, 11) is -3.70. The monoisotopic (exact) mass is 395 g/mol. The molecule has 0 amide bonds. The Morgan fingerprint density at radius 3 is 2.22 bits per heavy atom. The van der Waals surface area contributed by atoms with Crippen molar-refractivity contribution < 1.29 is 27.8 Å². The van der Waals surface area contributed by atoms with Gasteiger partial charge in [0.15, 0.2) is 0 Å². The van der Waals surface area contributed by atoms with Crippen molar-refractivity contribution in [1.29, 1.82) is 0 Å². The maximum atomic E-state index is 12.4. The van der Waals surface area contributed by atoms with Gasteiger partial charge in [0.05, 0.1) is 30.8 Å². The highest BCUT2D eigenvalue weighted by Gasteiger charge is 2.26. The van der Waals surface area contributed by atoms with Gasteiger partial charge in [-0.05, 0) is 25.5 Å². The van der Waals surface area contributed by atoms with E-state index < -0.39 is 12.7 Å². The number of non-ortho nitro benzene ring substituents is 1. The first-order chi connectivity index (χ1) is 13.0. The van der Waals surface area contributed by atoms with Crippen molar-refractivity contribution in [3.63, 3.8) is 0 Å². The first-order valence-electron chi connectivity index (χ1n) is 8.45. The van der Waals surface area contributed by atoms with Gasteiger partial charge in [-0.1, -0.05) is 30.3 Å². The molecule has 0 spiro atoms. The molecule has 8 nitrogen and oxygen atoms in total. The van der Waals surface area contributed by atoms with E-state index in [0.29, 0.717) is 5.56 Å². The molecule has 27 heavy (non-hydrogen) atoms. The van der Waals surface area contributed by atoms with Crippen molar-refractivity contribution in [2.75, 3.05) is 13.2 Å². The Labute approximate surface area is 157 Å². The zero-order valence-corrected chi connectivity index (χ0v) is 16.1. The third-order valence-corrected chi connectivity index (χ3v) is 5.05. The van der Waals surface area contributed by atoms with Crippen LogP contribution in [-0.4, -0.2) is 18.1 Å². The van der Waals surface area contributed by atoms with Crippen LogP contribution in [0, 0.1) is 10.1 Å². The van der Waals surface area contributed by atoms with Gasteiger partial charge in [0, 0.05) is 11.6 Å². The lowest BCUT2D eigenvalue weighted by atomic mass is 10.2. The van der Waals surface area contributed by atoms with Crippen LogP contribution < -0.4 is 4.74 Å². The Morgan fingerprint density at radius 1 is 0.963 bits per heavy atom. The molecule has 0 aliphatic heterocycles. The van der Waals surface area contributed by atoms with Crippen LogP contribution in [0.3, 0.4) is 0 Å². The maximum Gasteiger partial charge on any atom is 0.475 e. The van der Waals surface area contributed by atoms with Crippen LogP contribution >= 0.6 is 7.82 Å². The normalized spacial score (nSPS) is 11.3. The van der Waals surface area contributed by atoms with E-state index in [-0.39, 0.29) is 37.9 Å². The standard InChI is InChI=1S/C18H22NO7P/c1-3-24-27(22,25-4-2)26-14-16-10-11-17(19(20)21)12-18(16)23-13-15-8-6-5-7-9-15/h5-12H,3-4,13-14H2,1-2H3. The second-order valence-electron chi connectivity index (χ2n) is 5.38. The fourth-order valence-corrected chi connectivity index (χ4v) is 3.38. The second-order valence-corrected chi connectivity index (χ2v) is 7.05. The smallest absolute Gasteiger partial charge is 0.475 e. The molecule has 0 atom stereocenters. The molecule has 0 N–H and O–H groups in total. The molecule has 9 heteroatoms. The number of rotatable bonds is 11. The summed E-state index contributed by atoms with van der Waals surface area (Å²) >= 11 is 0. The molecular weight excluding hydrogens is 373 g/mol. The van der Waals surface area contributed by atoms with Crippen molar-refractivity contribution in [3.05, 3.63) is 69.8 Å². The van der Waals surface area contributed by atoms with Crippen LogP contribution in [0.5, 0.6) is 5.75 Å². The Morgan fingerprint density at radius 2 is 1.63 bits per heavy atom. The number of nitrogens with zero attached hydrogens (tertiary/aromatic N) is 1. The summed E-state index contributed by atoms with van der Waals surface area (Å²) in [5, 5.41) is 11.1. The van der Waals surface area contributed by atoms with Crippen LogP contribution in [0.1, 0.15) is 25.0 Å². The highest BCUT2D eigenvalue weighted by molar-refractivity contribution is 7.48. The van der Waals surface area contributed by atoms with E-state index in [4.69, 9.17) is 18.3 Å². The summed E-state index contributed by atoms with van der Waals surface area (Å²) in [6.07, 6.45) is 0. The number of nitro groups is 1. The molecule has 146 valence electrons. The van der Waals surface area contributed by atoms with Gasteiger partial charge >= 0.3 is 7.82 Å². The van der Waals surface area contributed by atoms with Gasteiger partial charge in [0.25, 0.3) is 5.69 Å². The average Bonchev–Trinajstić information content (AvgIpc) is 2.66. The van der Waals surface area contributed by atoms with Gasteiger partial charge in [0.2, 0.25) is 0 Å². The van der Waals surface area contributed by atoms with Gasteiger partial charge in [0.1, 0.15) is 12.4 Å². The largest absolute Gasteiger partial charge is 0.488 e. The first-order valence-corrected chi connectivity index (χ1v) is 9.91. The Balaban J connectivity index is 2.18. The van der Waals surface area contributed by atoms with E-state index in [2.05, 4.69) is 0 Å². The van der Waals surface area contributed by atoms with E-state index >= 15 is 0 Å². The molecule has 2 aromatic carbocycles. The molecule has 0 bridgehead atoms. The van der Waals surface area contributed by atoms with Crippen molar-refractivity contribution in [2.24, 2.45) is 0 Å². The number of hydrogen-bond donors (Lipinski definition) is 0. The van der Waals surface area contributed by atoms with E-state index in [9.17, 15) is 14.7 Å². The van der Waals surface area contributed by atoms with Gasteiger partial charge < -0.3 is 4.74 Å². The number of phosphoric acid groups is 1. The maximum absolute atomic E-state index is 12.4. The molecule has 2 rings (SSSR count). The summed E-state index contributed by atoms with van der Waals surface area (Å²) in [5.74, 6) is 0.271. The van der Waals surface area contributed by atoms with E-state index in [1.807, 2.05) is 30.3 Å². The molecule has 0 aliphatic carbocycles. The first kappa shape index (κ1) is 21.1. The summed E-state index contributed by atoms with van der Waals surface area (Å²) < 4.78 is 33.7. The Hall–Kier alpha value is -2.25. The van der Waals surface area contributed by atoms with E-state index in [0.717, 1.165) is 5.56 Å². The number of phosphoric ester groups is 1. The Bertz CT molecular complexity index is 788. The highest BCUT2D eigenvalue weighted by atomic mass is 31.2. The number of benzene rings is 2. The number of nitro benzene ring substituents is 1. The molecule has 2 aromatic rings. The number of ether oxygens (including phenoxy) is 1. The summed E-state index contributed by atoms with van der Waals surface area (Å²) in [5.41, 5.74) is 1.29. The van der Waals surface area contributed by atoms with Crippen molar-refractivity contribution in [1.82, 2.24) is 0 Å². The minimum Gasteiger partial charge on any atom is -0.488 e. The fourth-order valence-electron chi connectivity index (χ4n) is 2.22. The third-order valence-electron chi connectivity index (χ3n) is 3.45. The van der Waals surface area contributed by atoms with Crippen molar-refractivity contribution in [3.8, 4) is 5.75 Å². The van der Waals surface area contributed by atoms with Crippen molar-refractivity contribution in [2.45, 2.75) is 27.1 Å². The zero-order valence-electron chi connectivity index (χ0n) is 15.2. The lowest BCUT2D eigenvalue weighted by molar-refractivity contribution is -0.385.